The molecule has 100 valence electrons. The van der Waals surface area contributed by atoms with Crippen LogP contribution in [0.25, 0.3) is 0 Å². The summed E-state index contributed by atoms with van der Waals surface area (Å²) in [6.45, 7) is 3.06. The molecule has 1 aliphatic carbocycles. The van der Waals surface area contributed by atoms with Gasteiger partial charge in [-0.15, -0.1) is 0 Å². The maximum atomic E-state index is 4.66. The van der Waals surface area contributed by atoms with Crippen molar-refractivity contribution >= 4 is 5.82 Å². The quantitative estimate of drug-likeness (QED) is 0.886. The molecule has 0 radical (unpaired) electrons. The van der Waals surface area contributed by atoms with Gasteiger partial charge in [0.15, 0.2) is 0 Å². The number of hydrogen-bond acceptors (Lipinski definition) is 3. The molecule has 0 amide bonds. The van der Waals surface area contributed by atoms with Crippen LogP contribution in [-0.2, 0) is 6.54 Å². The van der Waals surface area contributed by atoms with Gasteiger partial charge in [-0.3, -0.25) is 0 Å². The Morgan fingerprint density at radius 1 is 1.33 bits per heavy atom. The number of pyridine rings is 1. The molecular formula is C15H25N3. The van der Waals surface area contributed by atoms with Gasteiger partial charge in [0.1, 0.15) is 5.82 Å². The van der Waals surface area contributed by atoms with E-state index < -0.39 is 0 Å². The van der Waals surface area contributed by atoms with E-state index in [0.29, 0.717) is 6.04 Å². The smallest absolute Gasteiger partial charge is 0.131 e. The van der Waals surface area contributed by atoms with E-state index in [0.717, 1.165) is 12.4 Å². The maximum absolute atomic E-state index is 4.66. The van der Waals surface area contributed by atoms with Crippen molar-refractivity contribution in [1.29, 1.82) is 0 Å². The Kier molecular flexibility index (Phi) is 4.59. The molecule has 0 aliphatic heterocycles. The van der Waals surface area contributed by atoms with E-state index in [9.17, 15) is 0 Å². The van der Waals surface area contributed by atoms with E-state index in [2.05, 4.69) is 35.2 Å². The Balaban J connectivity index is 2.11. The van der Waals surface area contributed by atoms with Gasteiger partial charge in [-0.1, -0.05) is 19.3 Å². The van der Waals surface area contributed by atoms with Crippen LogP contribution >= 0.6 is 0 Å². The van der Waals surface area contributed by atoms with Crippen molar-refractivity contribution in [2.24, 2.45) is 0 Å². The van der Waals surface area contributed by atoms with Gasteiger partial charge in [-0.05, 0) is 44.0 Å². The highest BCUT2D eigenvalue weighted by Gasteiger charge is 2.20. The Morgan fingerprint density at radius 2 is 2.06 bits per heavy atom. The van der Waals surface area contributed by atoms with Gasteiger partial charge in [-0.25, -0.2) is 4.98 Å². The average molecular weight is 247 g/mol. The Bertz CT molecular complexity index is 383. The zero-order valence-electron chi connectivity index (χ0n) is 11.9. The Labute approximate surface area is 111 Å². The molecule has 1 saturated carbocycles. The van der Waals surface area contributed by atoms with Crippen molar-refractivity contribution in [2.75, 3.05) is 19.0 Å². The van der Waals surface area contributed by atoms with Crippen LogP contribution in [0.1, 0.15) is 43.2 Å². The largest absolute Gasteiger partial charge is 0.356 e. The summed E-state index contributed by atoms with van der Waals surface area (Å²) in [5.74, 6) is 1.15. The molecule has 2 rings (SSSR count). The monoisotopic (exact) mass is 247 g/mol. The first-order valence-electron chi connectivity index (χ1n) is 7.05. The average Bonchev–Trinajstić information content (AvgIpc) is 2.40. The summed E-state index contributed by atoms with van der Waals surface area (Å²) in [5.41, 5.74) is 2.55. The van der Waals surface area contributed by atoms with Gasteiger partial charge in [0.25, 0.3) is 0 Å². The molecule has 1 heterocycles. The van der Waals surface area contributed by atoms with Crippen LogP contribution in [0.3, 0.4) is 0 Å². The predicted molar refractivity (Wildman–Crippen MR) is 77.0 cm³/mol. The number of anilines is 1. The minimum absolute atomic E-state index is 0.681. The lowest BCUT2D eigenvalue weighted by atomic mass is 9.94. The molecule has 0 bridgehead atoms. The van der Waals surface area contributed by atoms with Crippen LogP contribution in [0, 0.1) is 6.92 Å². The highest BCUT2D eigenvalue weighted by Crippen LogP contribution is 2.26. The van der Waals surface area contributed by atoms with E-state index in [1.54, 1.807) is 0 Å². The molecule has 0 atom stereocenters. The second-order valence-electron chi connectivity index (χ2n) is 5.42. The summed E-state index contributed by atoms with van der Waals surface area (Å²) >= 11 is 0. The SMILES string of the molecule is CNCc1cnc(N(C)C2CCCCC2)c(C)c1. The number of hydrogen-bond donors (Lipinski definition) is 1. The van der Waals surface area contributed by atoms with Gasteiger partial charge < -0.3 is 10.2 Å². The predicted octanol–water partition coefficient (Wildman–Crippen LogP) is 2.88. The summed E-state index contributed by atoms with van der Waals surface area (Å²) in [7, 11) is 4.17. The van der Waals surface area contributed by atoms with Crippen LogP contribution in [-0.4, -0.2) is 25.1 Å². The molecule has 0 unspecified atom stereocenters. The summed E-state index contributed by atoms with van der Waals surface area (Å²) in [4.78, 5) is 7.04. The van der Waals surface area contributed by atoms with Gasteiger partial charge >= 0.3 is 0 Å². The minimum Gasteiger partial charge on any atom is -0.356 e. The van der Waals surface area contributed by atoms with Crippen LogP contribution in [0.5, 0.6) is 0 Å². The van der Waals surface area contributed by atoms with Gasteiger partial charge in [0.2, 0.25) is 0 Å². The molecule has 3 heteroatoms. The minimum atomic E-state index is 0.681. The van der Waals surface area contributed by atoms with Crippen molar-refractivity contribution in [3.63, 3.8) is 0 Å². The van der Waals surface area contributed by atoms with E-state index in [4.69, 9.17) is 0 Å². The normalized spacial score (nSPS) is 16.8. The fraction of sp³-hybridized carbons (Fsp3) is 0.667. The summed E-state index contributed by atoms with van der Waals surface area (Å²) < 4.78 is 0. The molecule has 1 aromatic heterocycles. The third-order valence-electron chi connectivity index (χ3n) is 3.94. The fourth-order valence-corrected chi connectivity index (χ4v) is 2.94. The molecular weight excluding hydrogens is 222 g/mol. The molecule has 1 fully saturated rings. The van der Waals surface area contributed by atoms with E-state index in [1.807, 2.05) is 13.2 Å². The molecule has 18 heavy (non-hydrogen) atoms. The second kappa shape index (κ2) is 6.19. The third-order valence-corrected chi connectivity index (χ3v) is 3.94. The van der Waals surface area contributed by atoms with Crippen molar-refractivity contribution in [3.8, 4) is 0 Å². The van der Waals surface area contributed by atoms with Crippen molar-refractivity contribution in [2.45, 2.75) is 51.6 Å². The van der Waals surface area contributed by atoms with Crippen LogP contribution < -0.4 is 10.2 Å². The van der Waals surface area contributed by atoms with Crippen LogP contribution in [0.2, 0.25) is 0 Å². The third kappa shape index (κ3) is 3.02. The van der Waals surface area contributed by atoms with Gasteiger partial charge in [0.05, 0.1) is 0 Å². The molecule has 1 N–H and O–H groups in total. The van der Waals surface area contributed by atoms with Crippen molar-refractivity contribution in [3.05, 3.63) is 23.4 Å². The van der Waals surface area contributed by atoms with Crippen LogP contribution in [0.15, 0.2) is 12.3 Å². The number of nitrogens with one attached hydrogen (secondary N) is 1. The Morgan fingerprint density at radius 3 is 2.67 bits per heavy atom. The lowest BCUT2D eigenvalue weighted by Crippen LogP contribution is -2.34. The van der Waals surface area contributed by atoms with Crippen LogP contribution in [0.4, 0.5) is 5.82 Å². The maximum Gasteiger partial charge on any atom is 0.131 e. The van der Waals surface area contributed by atoms with E-state index in [1.165, 1.54) is 43.2 Å². The second-order valence-corrected chi connectivity index (χ2v) is 5.42. The molecule has 0 saturated heterocycles. The first-order valence-corrected chi connectivity index (χ1v) is 7.05. The number of rotatable bonds is 4. The molecule has 0 aromatic carbocycles. The van der Waals surface area contributed by atoms with Gasteiger partial charge in [0, 0.05) is 25.8 Å². The molecule has 1 aliphatic rings. The summed E-state index contributed by atoms with van der Waals surface area (Å²) in [6.07, 6.45) is 8.76. The number of aryl methyl sites for hydroxylation is 1. The zero-order chi connectivity index (χ0) is 13.0. The number of aromatic nitrogens is 1. The molecule has 3 nitrogen and oxygen atoms in total. The standard InChI is InChI=1S/C15H25N3/c1-12-9-13(10-16-2)11-17-15(12)18(3)14-7-5-4-6-8-14/h9,11,14,16H,4-8,10H2,1-3H3. The van der Waals surface area contributed by atoms with E-state index >= 15 is 0 Å². The Hall–Kier alpha value is -1.09. The van der Waals surface area contributed by atoms with E-state index in [-0.39, 0.29) is 0 Å². The number of nitrogens with zero attached hydrogens (tertiary/aromatic N) is 2. The van der Waals surface area contributed by atoms with Crippen molar-refractivity contribution < 1.29 is 0 Å². The van der Waals surface area contributed by atoms with Crippen molar-refractivity contribution in [1.82, 2.24) is 10.3 Å². The van der Waals surface area contributed by atoms with Gasteiger partial charge in [-0.2, -0.15) is 0 Å². The summed E-state index contributed by atoms with van der Waals surface area (Å²) in [6, 6.07) is 2.93. The lowest BCUT2D eigenvalue weighted by Gasteiger charge is -2.33. The summed E-state index contributed by atoms with van der Waals surface area (Å²) in [5, 5.41) is 3.17. The highest BCUT2D eigenvalue weighted by atomic mass is 15.2. The zero-order valence-corrected chi connectivity index (χ0v) is 11.9. The first-order chi connectivity index (χ1) is 8.72. The topological polar surface area (TPSA) is 28.2 Å². The molecule has 1 aromatic rings. The first kappa shape index (κ1) is 13.3. The molecule has 0 spiro atoms. The fourth-order valence-electron chi connectivity index (χ4n) is 2.94. The highest BCUT2D eigenvalue weighted by molar-refractivity contribution is 5.47. The lowest BCUT2D eigenvalue weighted by molar-refractivity contribution is 0.425.